The second kappa shape index (κ2) is 6.56. The monoisotopic (exact) mass is 293 g/mol. The topological polar surface area (TPSA) is 79.5 Å². The molecule has 1 saturated carbocycles. The highest BCUT2D eigenvalue weighted by Crippen LogP contribution is 2.32. The van der Waals surface area contributed by atoms with E-state index < -0.39 is 0 Å². The zero-order chi connectivity index (χ0) is 14.7. The van der Waals surface area contributed by atoms with Crippen LogP contribution in [-0.4, -0.2) is 38.7 Å². The lowest BCUT2D eigenvalue weighted by Gasteiger charge is -2.36. The number of aromatic nitrogens is 2. The van der Waals surface area contributed by atoms with Gasteiger partial charge in [0.1, 0.15) is 0 Å². The number of hydrogen-bond donors (Lipinski definition) is 1. The van der Waals surface area contributed by atoms with Gasteiger partial charge in [-0.1, -0.05) is 18.0 Å². The number of carbonyl (C=O) groups is 1. The molecule has 2 aliphatic rings. The Labute approximate surface area is 124 Å². The van der Waals surface area contributed by atoms with Gasteiger partial charge in [0.15, 0.2) is 5.82 Å². The maximum Gasteiger partial charge on any atom is 0.223 e. The van der Waals surface area contributed by atoms with Crippen LogP contribution in [0.1, 0.15) is 63.2 Å². The Morgan fingerprint density at radius 3 is 2.86 bits per heavy atom. The first kappa shape index (κ1) is 14.5. The van der Waals surface area contributed by atoms with Crippen LogP contribution >= 0.6 is 0 Å². The Morgan fingerprint density at radius 1 is 1.29 bits per heavy atom. The highest BCUT2D eigenvalue weighted by molar-refractivity contribution is 5.77. The van der Waals surface area contributed by atoms with Gasteiger partial charge in [-0.2, -0.15) is 4.98 Å². The van der Waals surface area contributed by atoms with Crippen LogP contribution in [0.15, 0.2) is 10.9 Å². The second-order valence-corrected chi connectivity index (χ2v) is 6.20. The minimum atomic E-state index is -0.323. The van der Waals surface area contributed by atoms with Crippen LogP contribution in [0.4, 0.5) is 0 Å². The summed E-state index contributed by atoms with van der Waals surface area (Å²) in [7, 11) is 0. The molecule has 1 N–H and O–H groups in total. The number of rotatable bonds is 3. The maximum absolute atomic E-state index is 12.6. The molecule has 116 valence electrons. The maximum atomic E-state index is 12.6. The van der Waals surface area contributed by atoms with E-state index >= 15 is 0 Å². The van der Waals surface area contributed by atoms with Gasteiger partial charge < -0.3 is 14.5 Å². The first-order valence-electron chi connectivity index (χ1n) is 7.99. The van der Waals surface area contributed by atoms with Gasteiger partial charge in [0, 0.05) is 13.0 Å². The van der Waals surface area contributed by atoms with Crippen molar-refractivity contribution >= 4 is 5.91 Å². The molecule has 1 aliphatic heterocycles. The van der Waals surface area contributed by atoms with Crippen molar-refractivity contribution in [1.82, 2.24) is 15.0 Å². The number of amides is 1. The Hall–Kier alpha value is -1.43. The summed E-state index contributed by atoms with van der Waals surface area (Å²) < 4.78 is 4.82. The van der Waals surface area contributed by atoms with Gasteiger partial charge >= 0.3 is 0 Å². The Morgan fingerprint density at radius 2 is 2.10 bits per heavy atom. The molecule has 0 spiro atoms. The van der Waals surface area contributed by atoms with Crippen LogP contribution in [0.2, 0.25) is 0 Å². The third-order valence-electron chi connectivity index (χ3n) is 4.81. The molecule has 1 saturated heterocycles. The van der Waals surface area contributed by atoms with Crippen molar-refractivity contribution in [3.63, 3.8) is 0 Å². The highest BCUT2D eigenvalue weighted by Gasteiger charge is 2.33. The molecule has 21 heavy (non-hydrogen) atoms. The van der Waals surface area contributed by atoms with Crippen LogP contribution in [0.25, 0.3) is 0 Å². The summed E-state index contributed by atoms with van der Waals surface area (Å²) in [5, 5.41) is 14.0. The molecule has 0 aromatic carbocycles. The number of likely N-dealkylation sites (tertiary alicyclic amines) is 1. The van der Waals surface area contributed by atoms with Gasteiger partial charge in [0.05, 0.1) is 12.1 Å². The van der Waals surface area contributed by atoms with Crippen molar-refractivity contribution in [2.45, 2.75) is 63.5 Å². The summed E-state index contributed by atoms with van der Waals surface area (Å²) in [6.07, 6.45) is 8.38. The van der Waals surface area contributed by atoms with E-state index in [1.807, 2.05) is 4.90 Å². The van der Waals surface area contributed by atoms with Gasteiger partial charge in [0.2, 0.25) is 12.3 Å². The smallest absolute Gasteiger partial charge is 0.223 e. The Kier molecular flexibility index (Phi) is 4.53. The average molecular weight is 293 g/mol. The van der Waals surface area contributed by atoms with Crippen LogP contribution in [0.3, 0.4) is 0 Å². The van der Waals surface area contributed by atoms with Gasteiger partial charge in [-0.15, -0.1) is 0 Å². The van der Waals surface area contributed by atoms with Crippen molar-refractivity contribution in [1.29, 1.82) is 0 Å². The Bertz CT molecular complexity index is 463. The van der Waals surface area contributed by atoms with E-state index in [0.29, 0.717) is 12.2 Å². The predicted octanol–water partition coefficient (Wildman–Crippen LogP) is 2.06. The first-order valence-corrected chi connectivity index (χ1v) is 7.99. The number of nitrogens with zero attached hydrogens (tertiary/aromatic N) is 3. The zero-order valence-corrected chi connectivity index (χ0v) is 12.3. The van der Waals surface area contributed by atoms with Crippen molar-refractivity contribution < 1.29 is 14.4 Å². The summed E-state index contributed by atoms with van der Waals surface area (Å²) in [4.78, 5) is 18.6. The van der Waals surface area contributed by atoms with E-state index in [-0.39, 0.29) is 24.0 Å². The SMILES string of the molecule is O=C(C[C@H]1CCCC[C@@H]1O)N1CCCCC1c1ncon1. The standard InChI is InChI=1S/C15H23N3O3/c19-13-7-2-1-5-11(13)9-14(20)18-8-4-3-6-12(18)15-16-10-21-17-15/h10-13,19H,1-9H2/t11-,12?,13+/m1/s1. The van der Waals surface area contributed by atoms with Crippen molar-refractivity contribution in [2.24, 2.45) is 5.92 Å². The summed E-state index contributed by atoms with van der Waals surface area (Å²) in [5.74, 6) is 0.835. The van der Waals surface area contributed by atoms with Crippen molar-refractivity contribution in [3.8, 4) is 0 Å². The normalized spacial score (nSPS) is 30.3. The predicted molar refractivity (Wildman–Crippen MR) is 75.2 cm³/mol. The molecule has 0 bridgehead atoms. The van der Waals surface area contributed by atoms with Crippen LogP contribution in [0, 0.1) is 5.92 Å². The second-order valence-electron chi connectivity index (χ2n) is 6.20. The van der Waals surface area contributed by atoms with Crippen LogP contribution < -0.4 is 0 Å². The number of aliphatic hydroxyl groups is 1. The molecule has 0 radical (unpaired) electrons. The Balaban J connectivity index is 1.66. The fourth-order valence-electron chi connectivity index (χ4n) is 3.59. The lowest BCUT2D eigenvalue weighted by atomic mass is 9.84. The van der Waals surface area contributed by atoms with Gasteiger partial charge in [-0.3, -0.25) is 4.79 Å². The zero-order valence-electron chi connectivity index (χ0n) is 12.3. The van der Waals surface area contributed by atoms with E-state index in [9.17, 15) is 9.90 Å². The highest BCUT2D eigenvalue weighted by atomic mass is 16.5. The summed E-state index contributed by atoms with van der Waals surface area (Å²) in [5.41, 5.74) is 0. The number of piperidine rings is 1. The lowest BCUT2D eigenvalue weighted by Crippen LogP contribution is -2.41. The first-order chi connectivity index (χ1) is 10.3. The molecule has 2 heterocycles. The minimum Gasteiger partial charge on any atom is -0.393 e. The quantitative estimate of drug-likeness (QED) is 0.922. The largest absolute Gasteiger partial charge is 0.393 e. The molecule has 2 fully saturated rings. The van der Waals surface area contributed by atoms with Crippen LogP contribution in [-0.2, 0) is 4.79 Å². The molecular weight excluding hydrogens is 270 g/mol. The van der Waals surface area contributed by atoms with E-state index in [2.05, 4.69) is 10.1 Å². The molecule has 3 rings (SSSR count). The third kappa shape index (κ3) is 3.26. The van der Waals surface area contributed by atoms with Gasteiger partial charge in [-0.25, -0.2) is 0 Å². The number of aliphatic hydroxyl groups excluding tert-OH is 1. The molecule has 1 aliphatic carbocycles. The van der Waals surface area contributed by atoms with E-state index in [0.717, 1.165) is 51.5 Å². The molecule has 6 nitrogen and oxygen atoms in total. The molecule has 1 aromatic heterocycles. The van der Waals surface area contributed by atoms with E-state index in [1.165, 1.54) is 6.39 Å². The molecule has 1 amide bonds. The average Bonchev–Trinajstić information content (AvgIpc) is 3.04. The van der Waals surface area contributed by atoms with Gasteiger partial charge in [0.25, 0.3) is 0 Å². The molecular formula is C15H23N3O3. The van der Waals surface area contributed by atoms with Gasteiger partial charge in [-0.05, 0) is 38.0 Å². The number of carbonyl (C=O) groups excluding carboxylic acids is 1. The fraction of sp³-hybridized carbons (Fsp3) is 0.800. The molecule has 1 aromatic rings. The molecule has 6 heteroatoms. The fourth-order valence-corrected chi connectivity index (χ4v) is 3.59. The van der Waals surface area contributed by atoms with Crippen molar-refractivity contribution in [2.75, 3.05) is 6.54 Å². The van der Waals surface area contributed by atoms with E-state index in [1.54, 1.807) is 0 Å². The summed E-state index contributed by atoms with van der Waals surface area (Å²) in [6, 6.07) is -0.0641. The molecule has 1 unspecified atom stereocenters. The lowest BCUT2D eigenvalue weighted by molar-refractivity contribution is -0.137. The number of hydrogen-bond acceptors (Lipinski definition) is 5. The summed E-state index contributed by atoms with van der Waals surface area (Å²) >= 11 is 0. The van der Waals surface area contributed by atoms with E-state index in [4.69, 9.17) is 4.52 Å². The molecule has 3 atom stereocenters. The van der Waals surface area contributed by atoms with Crippen LogP contribution in [0.5, 0.6) is 0 Å². The van der Waals surface area contributed by atoms with Crippen molar-refractivity contribution in [3.05, 3.63) is 12.2 Å². The minimum absolute atomic E-state index is 0.0641. The third-order valence-corrected chi connectivity index (χ3v) is 4.81. The summed E-state index contributed by atoms with van der Waals surface area (Å²) in [6.45, 7) is 0.751.